The van der Waals surface area contributed by atoms with E-state index in [4.69, 9.17) is 15.0 Å². The van der Waals surface area contributed by atoms with E-state index in [0.717, 1.165) is 16.0 Å². The Bertz CT molecular complexity index is 1240. The Morgan fingerprint density at radius 1 is 1.35 bits per heavy atom. The van der Waals surface area contributed by atoms with Crippen molar-refractivity contribution in [3.63, 3.8) is 0 Å². The summed E-state index contributed by atoms with van der Waals surface area (Å²) in [5, 5.41) is 9.77. The molecule has 1 aromatic carbocycles. The number of hydrogen-bond donors (Lipinski definition) is 0. The van der Waals surface area contributed by atoms with Gasteiger partial charge in [0.1, 0.15) is 10.6 Å². The van der Waals surface area contributed by atoms with Crippen molar-refractivity contribution in [1.82, 2.24) is 14.5 Å². The molecule has 0 aliphatic rings. The minimum absolute atomic E-state index is 0.108. The summed E-state index contributed by atoms with van der Waals surface area (Å²) in [5.74, 6) is 0.533. The fourth-order valence-electron chi connectivity index (χ4n) is 3.14. The Kier molecular flexibility index (Phi) is 7.03. The fourth-order valence-corrected chi connectivity index (χ4v) is 5.15. The monoisotopic (exact) mass is 456 g/mol. The molecule has 0 fully saturated rings. The molecule has 0 saturated carbocycles. The first kappa shape index (κ1) is 22.8. The quantitative estimate of drug-likeness (QED) is 0.396. The molecule has 0 radical (unpaired) electrons. The van der Waals surface area contributed by atoms with E-state index < -0.39 is 0 Å². The first-order valence-electron chi connectivity index (χ1n) is 9.70. The number of carbonyl (C=O) groups excluding carboxylic acids is 1. The number of thiophene rings is 1. The number of rotatable bonds is 7. The lowest BCUT2D eigenvalue weighted by Gasteiger charge is -2.17. The summed E-state index contributed by atoms with van der Waals surface area (Å²) in [4.78, 5) is 34.1. The summed E-state index contributed by atoms with van der Waals surface area (Å²) in [6, 6.07) is 7.66. The van der Waals surface area contributed by atoms with Gasteiger partial charge in [0.15, 0.2) is 5.16 Å². The zero-order valence-electron chi connectivity index (χ0n) is 18.2. The van der Waals surface area contributed by atoms with Crippen molar-refractivity contribution in [1.29, 1.82) is 5.26 Å². The van der Waals surface area contributed by atoms with Crippen LogP contribution in [0.4, 0.5) is 0 Å². The zero-order valence-corrected chi connectivity index (χ0v) is 19.8. The van der Waals surface area contributed by atoms with Gasteiger partial charge in [-0.15, -0.1) is 11.3 Å². The van der Waals surface area contributed by atoms with Crippen molar-refractivity contribution >= 4 is 39.2 Å². The molecule has 9 heteroatoms. The number of fused-ring (bicyclic) bond motifs is 1. The van der Waals surface area contributed by atoms with Gasteiger partial charge in [-0.3, -0.25) is 14.2 Å². The average molecular weight is 457 g/mol. The second kappa shape index (κ2) is 9.54. The largest absolute Gasteiger partial charge is 0.495 e. The van der Waals surface area contributed by atoms with Gasteiger partial charge >= 0.3 is 0 Å². The van der Waals surface area contributed by atoms with E-state index in [1.807, 2.05) is 45.0 Å². The van der Waals surface area contributed by atoms with Crippen LogP contribution in [0.15, 0.2) is 28.2 Å². The SMILES string of the molecule is COc1ccc(C)cc1-n1c(SCC(=O)N(C)CCC#N)nc2sc(C)c(C)c2c1=O. The first-order chi connectivity index (χ1) is 14.8. The number of ether oxygens (including phenoxy) is 1. The topological polar surface area (TPSA) is 88.2 Å². The molecular weight excluding hydrogens is 432 g/mol. The van der Waals surface area contributed by atoms with Crippen LogP contribution >= 0.6 is 23.1 Å². The molecule has 162 valence electrons. The average Bonchev–Trinajstić information content (AvgIpc) is 3.03. The van der Waals surface area contributed by atoms with Crippen LogP contribution in [0, 0.1) is 32.1 Å². The number of aromatic nitrogens is 2. The molecule has 0 atom stereocenters. The molecule has 1 amide bonds. The second-order valence-corrected chi connectivity index (χ2v) is 9.33. The fraction of sp³-hybridized carbons (Fsp3) is 0.364. The molecule has 3 aromatic rings. The lowest BCUT2D eigenvalue weighted by Crippen LogP contribution is -2.29. The van der Waals surface area contributed by atoms with Crippen molar-refractivity contribution in [2.75, 3.05) is 26.5 Å². The molecule has 31 heavy (non-hydrogen) atoms. The maximum absolute atomic E-state index is 13.6. The summed E-state index contributed by atoms with van der Waals surface area (Å²) >= 11 is 2.69. The van der Waals surface area contributed by atoms with Crippen LogP contribution in [0.5, 0.6) is 5.75 Å². The number of nitriles is 1. The highest BCUT2D eigenvalue weighted by atomic mass is 32.2. The summed E-state index contributed by atoms with van der Waals surface area (Å²) < 4.78 is 7.06. The Hall–Kier alpha value is -2.83. The summed E-state index contributed by atoms with van der Waals surface area (Å²) in [7, 11) is 3.23. The van der Waals surface area contributed by atoms with Gasteiger partial charge in [-0.25, -0.2) is 4.98 Å². The highest BCUT2D eigenvalue weighted by Crippen LogP contribution is 2.32. The van der Waals surface area contributed by atoms with E-state index in [-0.39, 0.29) is 23.6 Å². The van der Waals surface area contributed by atoms with Crippen molar-refractivity contribution < 1.29 is 9.53 Å². The first-order valence-corrected chi connectivity index (χ1v) is 11.5. The molecule has 0 spiro atoms. The minimum Gasteiger partial charge on any atom is -0.495 e. The lowest BCUT2D eigenvalue weighted by atomic mass is 10.2. The molecule has 0 bridgehead atoms. The van der Waals surface area contributed by atoms with E-state index in [1.54, 1.807) is 18.7 Å². The third-order valence-electron chi connectivity index (χ3n) is 5.06. The maximum atomic E-state index is 13.6. The van der Waals surface area contributed by atoms with E-state index in [2.05, 4.69) is 0 Å². The number of hydrogen-bond acceptors (Lipinski definition) is 7. The second-order valence-electron chi connectivity index (χ2n) is 7.19. The molecule has 0 aliphatic heterocycles. The Morgan fingerprint density at radius 2 is 2.10 bits per heavy atom. The number of thioether (sulfide) groups is 1. The highest BCUT2D eigenvalue weighted by molar-refractivity contribution is 7.99. The summed E-state index contributed by atoms with van der Waals surface area (Å²) in [6.45, 7) is 6.21. The molecule has 7 nitrogen and oxygen atoms in total. The van der Waals surface area contributed by atoms with Crippen LogP contribution in [0.3, 0.4) is 0 Å². The van der Waals surface area contributed by atoms with Gasteiger partial charge in [-0.2, -0.15) is 5.26 Å². The Labute approximate surface area is 189 Å². The van der Waals surface area contributed by atoms with Crippen LogP contribution in [0.1, 0.15) is 22.4 Å². The minimum atomic E-state index is -0.177. The van der Waals surface area contributed by atoms with E-state index >= 15 is 0 Å². The number of methoxy groups -OCH3 is 1. The standard InChI is InChI=1S/C22H24N4O3S2/c1-13-7-8-17(29-5)16(11-13)26-21(28)19-14(2)15(3)31-20(19)24-22(26)30-12-18(27)25(4)10-6-9-23/h7-8,11H,6,10,12H2,1-5H3. The molecular formula is C22H24N4O3S2. The van der Waals surface area contributed by atoms with Gasteiger partial charge in [0.05, 0.1) is 36.4 Å². The van der Waals surface area contributed by atoms with Gasteiger partial charge in [0.25, 0.3) is 5.56 Å². The van der Waals surface area contributed by atoms with E-state index in [1.165, 1.54) is 28.0 Å². The number of carbonyl (C=O) groups is 1. The van der Waals surface area contributed by atoms with Gasteiger partial charge in [-0.05, 0) is 44.0 Å². The van der Waals surface area contributed by atoms with Crippen molar-refractivity contribution in [2.45, 2.75) is 32.3 Å². The van der Waals surface area contributed by atoms with Crippen LogP contribution in [-0.2, 0) is 4.79 Å². The van der Waals surface area contributed by atoms with Crippen molar-refractivity contribution in [3.8, 4) is 17.5 Å². The zero-order chi connectivity index (χ0) is 22.7. The van der Waals surface area contributed by atoms with Gasteiger partial charge in [-0.1, -0.05) is 17.8 Å². The lowest BCUT2D eigenvalue weighted by molar-refractivity contribution is -0.127. The molecule has 0 N–H and O–H groups in total. The van der Waals surface area contributed by atoms with Crippen LogP contribution < -0.4 is 10.3 Å². The number of amides is 1. The molecule has 2 aromatic heterocycles. The number of aryl methyl sites for hydroxylation is 3. The summed E-state index contributed by atoms with van der Waals surface area (Å²) in [5.41, 5.74) is 2.31. The Balaban J connectivity index is 2.14. The molecule has 2 heterocycles. The van der Waals surface area contributed by atoms with Gasteiger partial charge < -0.3 is 9.64 Å². The maximum Gasteiger partial charge on any atom is 0.267 e. The van der Waals surface area contributed by atoms with E-state index in [0.29, 0.717) is 33.4 Å². The van der Waals surface area contributed by atoms with E-state index in [9.17, 15) is 9.59 Å². The highest BCUT2D eigenvalue weighted by Gasteiger charge is 2.21. The van der Waals surface area contributed by atoms with Crippen LogP contribution in [0.25, 0.3) is 15.9 Å². The van der Waals surface area contributed by atoms with Crippen LogP contribution in [0.2, 0.25) is 0 Å². The number of nitrogens with zero attached hydrogens (tertiary/aromatic N) is 4. The molecule has 0 unspecified atom stereocenters. The van der Waals surface area contributed by atoms with Crippen molar-refractivity contribution in [3.05, 3.63) is 44.6 Å². The smallest absolute Gasteiger partial charge is 0.267 e. The summed E-state index contributed by atoms with van der Waals surface area (Å²) in [6.07, 6.45) is 0.274. The predicted molar refractivity (Wildman–Crippen MR) is 125 cm³/mol. The molecule has 3 rings (SSSR count). The normalized spacial score (nSPS) is 10.8. The Morgan fingerprint density at radius 3 is 2.77 bits per heavy atom. The molecule has 0 aliphatic carbocycles. The predicted octanol–water partition coefficient (Wildman–Crippen LogP) is 3.85. The van der Waals surface area contributed by atoms with Crippen molar-refractivity contribution in [2.24, 2.45) is 0 Å². The van der Waals surface area contributed by atoms with Gasteiger partial charge in [0.2, 0.25) is 5.91 Å². The van der Waals surface area contributed by atoms with Crippen LogP contribution in [-0.4, -0.2) is 46.8 Å². The van der Waals surface area contributed by atoms with Gasteiger partial charge in [0, 0.05) is 18.5 Å². The molecule has 0 saturated heterocycles. The third kappa shape index (κ3) is 4.60. The number of benzene rings is 1. The third-order valence-corrected chi connectivity index (χ3v) is 7.08.